The molecule has 0 spiro atoms. The van der Waals surface area contributed by atoms with Gasteiger partial charge in [-0.2, -0.15) is 0 Å². The predicted molar refractivity (Wildman–Crippen MR) is 103 cm³/mol. The van der Waals surface area contributed by atoms with Crippen LogP contribution in [-0.4, -0.2) is 40.1 Å². The summed E-state index contributed by atoms with van der Waals surface area (Å²) in [4.78, 5) is 30.6. The molecular formula is C20H26N4O3. The standard InChI is InChI=1S/C20H26N4O3/c1-15-5-6-17-16(13-15)24(19(26)20(2,3)27-17)11-7-18(25)22-8-4-10-23-12-9-21-14-23/h5-6,9,12-14H,4,7-8,10-11H2,1-3H3,(H,22,25). The molecule has 2 heterocycles. The third kappa shape index (κ3) is 4.48. The van der Waals surface area contributed by atoms with E-state index >= 15 is 0 Å². The normalized spacial score (nSPS) is 15.2. The van der Waals surface area contributed by atoms with Gasteiger partial charge in [0, 0.05) is 38.4 Å². The Morgan fingerprint density at radius 1 is 1.30 bits per heavy atom. The van der Waals surface area contributed by atoms with Gasteiger partial charge in [0.05, 0.1) is 12.0 Å². The maximum Gasteiger partial charge on any atom is 0.270 e. The van der Waals surface area contributed by atoms with Gasteiger partial charge in [0.25, 0.3) is 5.91 Å². The molecule has 0 fully saturated rings. The summed E-state index contributed by atoms with van der Waals surface area (Å²) < 4.78 is 7.81. The van der Waals surface area contributed by atoms with Gasteiger partial charge in [-0.15, -0.1) is 0 Å². The van der Waals surface area contributed by atoms with E-state index in [1.807, 2.05) is 35.9 Å². The number of ether oxygens (including phenoxy) is 1. The first-order valence-electron chi connectivity index (χ1n) is 9.21. The van der Waals surface area contributed by atoms with Gasteiger partial charge in [0.15, 0.2) is 5.60 Å². The van der Waals surface area contributed by atoms with E-state index < -0.39 is 5.60 Å². The van der Waals surface area contributed by atoms with Crippen LogP contribution in [0.4, 0.5) is 5.69 Å². The van der Waals surface area contributed by atoms with Crippen molar-refractivity contribution >= 4 is 17.5 Å². The third-order valence-electron chi connectivity index (χ3n) is 4.57. The van der Waals surface area contributed by atoms with E-state index in [0.717, 1.165) is 24.2 Å². The maximum atomic E-state index is 12.8. The highest BCUT2D eigenvalue weighted by molar-refractivity contribution is 6.02. The number of anilines is 1. The molecule has 0 atom stereocenters. The van der Waals surface area contributed by atoms with Crippen molar-refractivity contribution in [3.63, 3.8) is 0 Å². The molecular weight excluding hydrogens is 344 g/mol. The van der Waals surface area contributed by atoms with Crippen LogP contribution in [0.15, 0.2) is 36.9 Å². The number of aromatic nitrogens is 2. The molecule has 0 aliphatic carbocycles. The highest BCUT2D eigenvalue weighted by atomic mass is 16.5. The van der Waals surface area contributed by atoms with Gasteiger partial charge in [-0.1, -0.05) is 6.07 Å². The van der Waals surface area contributed by atoms with Gasteiger partial charge in [0.1, 0.15) is 5.75 Å². The fraction of sp³-hybridized carbons (Fsp3) is 0.450. The molecule has 2 aromatic rings. The van der Waals surface area contributed by atoms with Gasteiger partial charge < -0.3 is 19.5 Å². The lowest BCUT2D eigenvalue weighted by atomic mass is 10.0. The molecule has 0 saturated heterocycles. The van der Waals surface area contributed by atoms with Crippen molar-refractivity contribution in [2.45, 2.75) is 45.8 Å². The van der Waals surface area contributed by atoms with Crippen molar-refractivity contribution in [2.75, 3.05) is 18.0 Å². The molecule has 2 amide bonds. The van der Waals surface area contributed by atoms with Crippen molar-refractivity contribution in [1.29, 1.82) is 0 Å². The maximum absolute atomic E-state index is 12.8. The molecule has 1 N–H and O–H groups in total. The lowest BCUT2D eigenvalue weighted by molar-refractivity contribution is -0.132. The number of hydrogen-bond donors (Lipinski definition) is 1. The summed E-state index contributed by atoms with van der Waals surface area (Å²) in [6.45, 7) is 7.20. The minimum atomic E-state index is -0.941. The number of hydrogen-bond acceptors (Lipinski definition) is 4. The molecule has 1 aromatic heterocycles. The van der Waals surface area contributed by atoms with Crippen LogP contribution in [0.1, 0.15) is 32.3 Å². The van der Waals surface area contributed by atoms with Crippen LogP contribution >= 0.6 is 0 Å². The van der Waals surface area contributed by atoms with Crippen LogP contribution in [0.5, 0.6) is 5.75 Å². The average Bonchev–Trinajstić information content (AvgIpc) is 3.13. The Labute approximate surface area is 159 Å². The van der Waals surface area contributed by atoms with Gasteiger partial charge in [0.2, 0.25) is 5.91 Å². The van der Waals surface area contributed by atoms with Crippen molar-refractivity contribution in [1.82, 2.24) is 14.9 Å². The Morgan fingerprint density at radius 3 is 2.85 bits per heavy atom. The molecule has 0 radical (unpaired) electrons. The molecule has 7 heteroatoms. The van der Waals surface area contributed by atoms with Crippen LogP contribution in [-0.2, 0) is 16.1 Å². The second kappa shape index (κ2) is 7.82. The zero-order valence-corrected chi connectivity index (χ0v) is 16.1. The van der Waals surface area contributed by atoms with E-state index in [0.29, 0.717) is 18.8 Å². The Hall–Kier alpha value is -2.83. The second-order valence-electron chi connectivity index (χ2n) is 7.29. The monoisotopic (exact) mass is 370 g/mol. The lowest BCUT2D eigenvalue weighted by Gasteiger charge is -2.38. The highest BCUT2D eigenvalue weighted by Crippen LogP contribution is 2.38. The molecule has 1 aromatic carbocycles. The number of imidazole rings is 1. The third-order valence-corrected chi connectivity index (χ3v) is 4.57. The zero-order chi connectivity index (χ0) is 19.4. The molecule has 0 unspecified atom stereocenters. The fourth-order valence-corrected chi connectivity index (χ4v) is 3.11. The van der Waals surface area contributed by atoms with E-state index in [4.69, 9.17) is 4.74 Å². The number of benzene rings is 1. The Bertz CT molecular complexity index is 815. The summed E-state index contributed by atoms with van der Waals surface area (Å²) in [5, 5.41) is 2.91. The lowest BCUT2D eigenvalue weighted by Crippen LogP contribution is -2.53. The van der Waals surface area contributed by atoms with Crippen molar-refractivity contribution in [2.24, 2.45) is 0 Å². The van der Waals surface area contributed by atoms with Gasteiger partial charge in [-0.25, -0.2) is 4.98 Å². The number of aryl methyl sites for hydroxylation is 2. The van der Waals surface area contributed by atoms with Crippen molar-refractivity contribution in [3.05, 3.63) is 42.5 Å². The summed E-state index contributed by atoms with van der Waals surface area (Å²) in [6.07, 6.45) is 6.47. The number of amides is 2. The van der Waals surface area contributed by atoms with Crippen LogP contribution in [0.25, 0.3) is 0 Å². The van der Waals surface area contributed by atoms with E-state index in [9.17, 15) is 9.59 Å². The molecule has 144 valence electrons. The van der Waals surface area contributed by atoms with Gasteiger partial charge in [-0.05, 0) is 44.9 Å². The van der Waals surface area contributed by atoms with Gasteiger partial charge in [-0.3, -0.25) is 9.59 Å². The Morgan fingerprint density at radius 2 is 2.11 bits per heavy atom. The average molecular weight is 370 g/mol. The summed E-state index contributed by atoms with van der Waals surface area (Å²) in [5.41, 5.74) is 0.829. The number of carbonyl (C=O) groups excluding carboxylic acids is 2. The molecule has 3 rings (SSSR count). The summed E-state index contributed by atoms with van der Waals surface area (Å²) in [6, 6.07) is 5.75. The molecule has 1 aliphatic rings. The Balaban J connectivity index is 1.55. The first-order valence-corrected chi connectivity index (χ1v) is 9.21. The predicted octanol–water partition coefficient (Wildman–Crippen LogP) is 2.29. The zero-order valence-electron chi connectivity index (χ0n) is 16.1. The summed E-state index contributed by atoms with van der Waals surface area (Å²) in [5.74, 6) is 0.478. The number of fused-ring (bicyclic) bond motifs is 1. The number of rotatable bonds is 7. The number of nitrogens with zero attached hydrogens (tertiary/aromatic N) is 3. The van der Waals surface area contributed by atoms with E-state index in [1.54, 1.807) is 31.3 Å². The van der Waals surface area contributed by atoms with E-state index in [1.165, 1.54) is 0 Å². The van der Waals surface area contributed by atoms with E-state index in [2.05, 4.69) is 10.3 Å². The summed E-state index contributed by atoms with van der Waals surface area (Å²) in [7, 11) is 0. The largest absolute Gasteiger partial charge is 0.476 e. The van der Waals surface area contributed by atoms with Crippen molar-refractivity contribution < 1.29 is 14.3 Å². The number of carbonyl (C=O) groups is 2. The summed E-state index contributed by atoms with van der Waals surface area (Å²) >= 11 is 0. The first-order chi connectivity index (χ1) is 12.9. The SMILES string of the molecule is Cc1ccc2c(c1)N(CCC(=O)NCCCn1ccnc1)C(=O)C(C)(C)O2. The first kappa shape index (κ1) is 18.9. The minimum absolute atomic E-state index is 0.0630. The van der Waals surface area contributed by atoms with Crippen LogP contribution in [0, 0.1) is 6.92 Å². The molecule has 0 bridgehead atoms. The highest BCUT2D eigenvalue weighted by Gasteiger charge is 2.40. The van der Waals surface area contributed by atoms with Crippen LogP contribution in [0.3, 0.4) is 0 Å². The Kier molecular flexibility index (Phi) is 5.48. The molecule has 1 aliphatic heterocycles. The van der Waals surface area contributed by atoms with Crippen LogP contribution < -0.4 is 15.0 Å². The molecule has 7 nitrogen and oxygen atoms in total. The van der Waals surface area contributed by atoms with Crippen molar-refractivity contribution in [3.8, 4) is 5.75 Å². The number of nitrogens with one attached hydrogen (secondary N) is 1. The van der Waals surface area contributed by atoms with Gasteiger partial charge >= 0.3 is 0 Å². The smallest absolute Gasteiger partial charge is 0.270 e. The fourth-order valence-electron chi connectivity index (χ4n) is 3.11. The molecule has 0 saturated carbocycles. The topological polar surface area (TPSA) is 76.5 Å². The van der Waals surface area contributed by atoms with E-state index in [-0.39, 0.29) is 18.2 Å². The van der Waals surface area contributed by atoms with Crippen LogP contribution in [0.2, 0.25) is 0 Å². The quantitative estimate of drug-likeness (QED) is 0.759. The molecule has 27 heavy (non-hydrogen) atoms. The minimum Gasteiger partial charge on any atom is -0.476 e. The second-order valence-corrected chi connectivity index (χ2v) is 7.29.